The highest BCUT2D eigenvalue weighted by molar-refractivity contribution is 6.62. The summed E-state index contributed by atoms with van der Waals surface area (Å²) in [4.78, 5) is 8.90. The minimum Gasteiger partial charge on any atom is -0.496 e. The molecule has 0 unspecified atom stereocenters. The van der Waals surface area contributed by atoms with Crippen LogP contribution in [0.15, 0.2) is 42.6 Å². The molecule has 4 rings (SSSR count). The SMILES string of the molecule is COc1ccc(B2OC(C)(C)C(C)(C)O2)cc1-c1ccc2c(N)cnnc2c1.O=C(O)C(F)(F)F. The van der Waals surface area contributed by atoms with E-state index in [1.54, 1.807) is 13.3 Å². The number of halogens is 3. The van der Waals surface area contributed by atoms with Crippen LogP contribution in [0.25, 0.3) is 22.0 Å². The van der Waals surface area contributed by atoms with E-state index in [1.807, 2.05) is 64.1 Å². The minimum absolute atomic E-state index is 0.395. The number of nitrogens with zero attached hydrogens (tertiary/aromatic N) is 2. The summed E-state index contributed by atoms with van der Waals surface area (Å²) >= 11 is 0. The van der Waals surface area contributed by atoms with Gasteiger partial charge in [-0.3, -0.25) is 0 Å². The molecule has 1 saturated heterocycles. The fraction of sp³-hybridized carbons (Fsp3) is 0.348. The van der Waals surface area contributed by atoms with Crippen LogP contribution in [0.3, 0.4) is 0 Å². The van der Waals surface area contributed by atoms with Gasteiger partial charge in [-0.2, -0.15) is 23.4 Å². The van der Waals surface area contributed by atoms with Crippen molar-refractivity contribution in [3.8, 4) is 16.9 Å². The number of methoxy groups -OCH3 is 1. The molecule has 186 valence electrons. The van der Waals surface area contributed by atoms with Crippen molar-refractivity contribution in [1.29, 1.82) is 0 Å². The van der Waals surface area contributed by atoms with Crippen molar-refractivity contribution in [3.63, 3.8) is 0 Å². The Kier molecular flexibility index (Phi) is 7.01. The third-order valence-corrected chi connectivity index (χ3v) is 5.97. The molecular weight excluding hydrogens is 466 g/mol. The van der Waals surface area contributed by atoms with Crippen molar-refractivity contribution in [2.45, 2.75) is 45.1 Å². The average Bonchev–Trinajstić information content (AvgIpc) is 3.00. The molecule has 1 aliphatic rings. The molecule has 2 aromatic carbocycles. The lowest BCUT2D eigenvalue weighted by atomic mass is 9.77. The predicted octanol–water partition coefficient (Wildman–Crippen LogP) is 3.82. The van der Waals surface area contributed by atoms with Crippen LogP contribution >= 0.6 is 0 Å². The number of hydrogen-bond donors (Lipinski definition) is 2. The lowest BCUT2D eigenvalue weighted by Gasteiger charge is -2.32. The highest BCUT2D eigenvalue weighted by atomic mass is 19.4. The Bertz CT molecular complexity index is 1230. The van der Waals surface area contributed by atoms with Crippen LogP contribution in [-0.2, 0) is 14.1 Å². The third kappa shape index (κ3) is 5.49. The number of nitrogen functional groups attached to an aromatic ring is 1. The summed E-state index contributed by atoms with van der Waals surface area (Å²) in [6.45, 7) is 8.18. The largest absolute Gasteiger partial charge is 0.496 e. The number of carboxylic acids is 1. The quantitative estimate of drug-likeness (QED) is 0.532. The second kappa shape index (κ2) is 9.35. The molecule has 35 heavy (non-hydrogen) atoms. The van der Waals surface area contributed by atoms with Crippen LogP contribution in [0.2, 0.25) is 0 Å². The molecule has 8 nitrogen and oxygen atoms in total. The number of nitrogens with two attached hydrogens (primary N) is 1. The molecular formula is C23H25BF3N3O5. The molecule has 0 radical (unpaired) electrons. The number of anilines is 1. The zero-order valence-corrected chi connectivity index (χ0v) is 19.8. The first-order valence-electron chi connectivity index (χ1n) is 10.5. The minimum atomic E-state index is -5.08. The summed E-state index contributed by atoms with van der Waals surface area (Å²) < 4.78 is 49.7. The molecule has 2 heterocycles. The maximum absolute atomic E-state index is 10.6. The van der Waals surface area contributed by atoms with Gasteiger partial charge in [-0.25, -0.2) is 4.79 Å². The number of benzene rings is 2. The Balaban J connectivity index is 0.000000429. The van der Waals surface area contributed by atoms with Crippen LogP contribution in [0.5, 0.6) is 5.75 Å². The number of ether oxygens (including phenoxy) is 1. The number of aromatic nitrogens is 2. The maximum atomic E-state index is 10.6. The van der Waals surface area contributed by atoms with Gasteiger partial charge in [-0.1, -0.05) is 18.2 Å². The van der Waals surface area contributed by atoms with E-state index in [-0.39, 0.29) is 0 Å². The fourth-order valence-electron chi connectivity index (χ4n) is 3.33. The first kappa shape index (κ1) is 26.2. The standard InChI is InChI=1S/C21H24BN3O3.C2HF3O2/c1-20(2)21(3,4)28-22(27-20)14-7-9-19(26-5)16(11-14)13-6-8-15-17(23)12-24-25-18(15)10-13;3-2(4,5)1(6)7/h6-12H,1-5H3,(H2,23,25);(H,6,7). The van der Waals surface area contributed by atoms with E-state index in [2.05, 4.69) is 10.2 Å². The topological polar surface area (TPSA) is 117 Å². The lowest BCUT2D eigenvalue weighted by Crippen LogP contribution is -2.41. The summed E-state index contributed by atoms with van der Waals surface area (Å²) in [5.74, 6) is -2.00. The molecule has 12 heteroatoms. The second-order valence-corrected chi connectivity index (χ2v) is 8.88. The van der Waals surface area contributed by atoms with Gasteiger partial charge in [0.2, 0.25) is 0 Å². The molecule has 1 aromatic heterocycles. The van der Waals surface area contributed by atoms with Gasteiger partial charge < -0.3 is 24.9 Å². The van der Waals surface area contributed by atoms with Crippen LogP contribution in [0, 0.1) is 0 Å². The number of carbonyl (C=O) groups is 1. The van der Waals surface area contributed by atoms with Crippen molar-refractivity contribution in [2.75, 3.05) is 12.8 Å². The van der Waals surface area contributed by atoms with Gasteiger partial charge in [0.25, 0.3) is 0 Å². The Morgan fingerprint density at radius 2 is 1.69 bits per heavy atom. The maximum Gasteiger partial charge on any atom is 0.494 e. The van der Waals surface area contributed by atoms with Crippen molar-refractivity contribution in [1.82, 2.24) is 10.2 Å². The summed E-state index contributed by atoms with van der Waals surface area (Å²) in [6.07, 6.45) is -3.53. The summed E-state index contributed by atoms with van der Waals surface area (Å²) in [5, 5.41) is 16.2. The second-order valence-electron chi connectivity index (χ2n) is 8.88. The smallest absolute Gasteiger partial charge is 0.494 e. The third-order valence-electron chi connectivity index (χ3n) is 5.97. The number of alkyl halides is 3. The van der Waals surface area contributed by atoms with Crippen molar-refractivity contribution in [2.24, 2.45) is 0 Å². The van der Waals surface area contributed by atoms with Crippen LogP contribution < -0.4 is 15.9 Å². The molecule has 1 fully saturated rings. The lowest BCUT2D eigenvalue weighted by molar-refractivity contribution is -0.192. The normalized spacial score (nSPS) is 16.5. The van der Waals surface area contributed by atoms with Gasteiger partial charge >= 0.3 is 19.3 Å². The van der Waals surface area contributed by atoms with Crippen molar-refractivity contribution in [3.05, 3.63) is 42.6 Å². The van der Waals surface area contributed by atoms with E-state index in [9.17, 15) is 13.2 Å². The average molecular weight is 491 g/mol. The molecule has 0 saturated carbocycles. The Morgan fingerprint density at radius 1 is 1.09 bits per heavy atom. The summed E-state index contributed by atoms with van der Waals surface area (Å²) in [6, 6.07) is 11.9. The first-order valence-corrected chi connectivity index (χ1v) is 10.5. The number of hydrogen-bond acceptors (Lipinski definition) is 7. The summed E-state index contributed by atoms with van der Waals surface area (Å²) in [7, 11) is 1.22. The van der Waals surface area contributed by atoms with Crippen molar-refractivity contribution < 1.29 is 37.1 Å². The molecule has 0 aliphatic carbocycles. The summed E-state index contributed by atoms with van der Waals surface area (Å²) in [5.41, 5.74) is 9.38. The molecule has 0 atom stereocenters. The molecule has 0 amide bonds. The molecule has 0 bridgehead atoms. The van der Waals surface area contributed by atoms with Crippen LogP contribution in [-0.4, -0.2) is 52.9 Å². The van der Waals surface area contributed by atoms with Gasteiger partial charge in [0, 0.05) is 10.9 Å². The van der Waals surface area contributed by atoms with Crippen LogP contribution in [0.4, 0.5) is 18.9 Å². The molecule has 3 aromatic rings. The fourth-order valence-corrected chi connectivity index (χ4v) is 3.33. The van der Waals surface area contributed by atoms with Crippen LogP contribution in [0.1, 0.15) is 27.7 Å². The Morgan fingerprint density at radius 3 is 2.23 bits per heavy atom. The zero-order valence-electron chi connectivity index (χ0n) is 19.8. The number of fused-ring (bicyclic) bond motifs is 1. The molecule has 0 spiro atoms. The first-order chi connectivity index (χ1) is 16.2. The highest BCUT2D eigenvalue weighted by Crippen LogP contribution is 2.38. The monoisotopic (exact) mass is 491 g/mol. The van der Waals surface area contributed by atoms with Gasteiger partial charge in [0.1, 0.15) is 5.75 Å². The van der Waals surface area contributed by atoms with Crippen molar-refractivity contribution >= 4 is 35.1 Å². The number of aliphatic carboxylic acids is 1. The van der Waals surface area contributed by atoms with E-state index >= 15 is 0 Å². The van der Waals surface area contributed by atoms with Gasteiger partial charge in [0.15, 0.2) is 0 Å². The predicted molar refractivity (Wildman–Crippen MR) is 125 cm³/mol. The highest BCUT2D eigenvalue weighted by Gasteiger charge is 2.51. The molecule has 3 N–H and O–H groups in total. The number of carboxylic acid groups (broad SMARTS) is 1. The van der Waals surface area contributed by atoms with Gasteiger partial charge in [-0.15, -0.1) is 0 Å². The van der Waals surface area contributed by atoms with Gasteiger partial charge in [-0.05, 0) is 56.9 Å². The van der Waals surface area contributed by atoms with E-state index in [1.165, 1.54) is 0 Å². The van der Waals surface area contributed by atoms with E-state index in [4.69, 9.17) is 29.7 Å². The zero-order chi connectivity index (χ0) is 26.2. The van der Waals surface area contributed by atoms with E-state index in [0.29, 0.717) is 5.69 Å². The Labute approximate surface area is 200 Å². The molecule has 1 aliphatic heterocycles. The van der Waals surface area contributed by atoms with E-state index in [0.717, 1.165) is 33.2 Å². The van der Waals surface area contributed by atoms with Gasteiger partial charge in [0.05, 0.1) is 35.7 Å². The Hall–Kier alpha value is -3.38. The van der Waals surface area contributed by atoms with E-state index < -0.39 is 30.5 Å². The number of rotatable bonds is 3.